The SMILES string of the molecule is CCCCC/C=C\C/C=C\CCCCCCCCCCCCCCCC(=O)OC(/C=C\CCCCCCCCCCCC)C(COP(=O)([O-])OCC[N+](C)(C)C)NC(=O)CCCCCCCCC/C=C\CCCCCC. The third-order valence-corrected chi connectivity index (χ3v) is 15.4. The lowest BCUT2D eigenvalue weighted by Gasteiger charge is -2.30. The fourth-order valence-electron chi connectivity index (χ4n) is 9.43. The van der Waals surface area contributed by atoms with E-state index in [2.05, 4.69) is 62.5 Å². The predicted molar refractivity (Wildman–Crippen MR) is 326 cm³/mol. The van der Waals surface area contributed by atoms with E-state index in [1.54, 1.807) is 0 Å². The van der Waals surface area contributed by atoms with Gasteiger partial charge in [-0.15, -0.1) is 0 Å². The third kappa shape index (κ3) is 56.7. The summed E-state index contributed by atoms with van der Waals surface area (Å²) in [4.78, 5) is 40.0. The van der Waals surface area contributed by atoms with Gasteiger partial charge in [-0.25, -0.2) is 0 Å². The highest BCUT2D eigenvalue weighted by Crippen LogP contribution is 2.38. The van der Waals surface area contributed by atoms with E-state index in [0.717, 1.165) is 77.0 Å². The van der Waals surface area contributed by atoms with E-state index in [9.17, 15) is 19.0 Å². The summed E-state index contributed by atoms with van der Waals surface area (Å²) in [5, 5.41) is 3.03. The topological polar surface area (TPSA) is 114 Å². The maximum Gasteiger partial charge on any atom is 0.306 e. The molecule has 0 rings (SSSR count). The second kappa shape index (κ2) is 56.3. The van der Waals surface area contributed by atoms with Crippen molar-refractivity contribution >= 4 is 19.7 Å². The number of hydrogen-bond acceptors (Lipinski definition) is 7. The Bertz CT molecular complexity index is 1440. The van der Waals surface area contributed by atoms with Gasteiger partial charge in [0.05, 0.1) is 33.8 Å². The monoisotopic (exact) mass is 1090 g/mol. The molecule has 0 aromatic rings. The van der Waals surface area contributed by atoms with Crippen LogP contribution >= 0.6 is 7.82 Å². The van der Waals surface area contributed by atoms with Crippen LogP contribution in [-0.2, 0) is 27.9 Å². The Labute approximate surface area is 471 Å². The van der Waals surface area contributed by atoms with Gasteiger partial charge in [0.15, 0.2) is 0 Å². The normalized spacial score (nSPS) is 13.9. The predicted octanol–water partition coefficient (Wildman–Crippen LogP) is 19.4. The second-order valence-corrected chi connectivity index (χ2v) is 24.7. The highest BCUT2D eigenvalue weighted by atomic mass is 31.2. The first kappa shape index (κ1) is 74.0. The van der Waals surface area contributed by atoms with Crippen LogP contribution in [0, 0.1) is 0 Å². The standard InChI is InChI=1S/C66H125N2O7P/c1-7-10-13-16-19-22-25-28-30-31-32-33-34-35-36-37-39-41-44-47-50-53-56-59-66(70)75-64(57-54-51-48-45-42-27-24-21-18-15-12-9-3)63(62-74-76(71,72)73-61-60-68(4,5)6)67-65(69)58-55-52-49-46-43-40-38-29-26-23-20-17-14-11-8-2/h19,22-23,26,28,30,54,57,63-64H,7-18,20-21,24-25,27,29,31-53,55-56,58-62H2,1-6H3,(H-,67,69,71,72)/b22-19-,26-23-,30-28-,57-54-. The number of amides is 1. The zero-order valence-corrected chi connectivity index (χ0v) is 51.9. The molecule has 0 saturated heterocycles. The number of carbonyl (C=O) groups excluding carboxylic acids is 2. The van der Waals surface area contributed by atoms with Crippen molar-refractivity contribution in [3.05, 3.63) is 48.6 Å². The largest absolute Gasteiger partial charge is 0.756 e. The van der Waals surface area contributed by atoms with Gasteiger partial charge in [-0.3, -0.25) is 14.2 Å². The molecule has 3 unspecified atom stereocenters. The van der Waals surface area contributed by atoms with Crippen molar-refractivity contribution in [3.63, 3.8) is 0 Å². The van der Waals surface area contributed by atoms with E-state index in [4.69, 9.17) is 13.8 Å². The highest BCUT2D eigenvalue weighted by Gasteiger charge is 2.27. The Kier molecular flexibility index (Phi) is 54.7. The minimum absolute atomic E-state index is 0.0223. The summed E-state index contributed by atoms with van der Waals surface area (Å²) in [5.74, 6) is -0.537. The van der Waals surface area contributed by atoms with E-state index in [0.29, 0.717) is 17.4 Å². The number of likely N-dealkylation sites (N-methyl/N-ethyl adjacent to an activating group) is 1. The van der Waals surface area contributed by atoms with Crippen LogP contribution in [0.25, 0.3) is 0 Å². The molecule has 0 saturated carbocycles. The molecule has 0 heterocycles. The van der Waals surface area contributed by atoms with Gasteiger partial charge in [0.1, 0.15) is 19.3 Å². The average molecular weight is 1090 g/mol. The number of ether oxygens (including phenoxy) is 1. The summed E-state index contributed by atoms with van der Waals surface area (Å²) in [6.07, 6.45) is 69.3. The van der Waals surface area contributed by atoms with Crippen LogP contribution in [0.3, 0.4) is 0 Å². The molecule has 0 aliphatic rings. The van der Waals surface area contributed by atoms with Gasteiger partial charge in [0.25, 0.3) is 7.82 Å². The Hall–Kier alpha value is -2.03. The van der Waals surface area contributed by atoms with Crippen LogP contribution in [0.15, 0.2) is 48.6 Å². The molecular weight excluding hydrogens is 964 g/mol. The van der Waals surface area contributed by atoms with Crippen LogP contribution in [0.1, 0.15) is 310 Å². The molecule has 76 heavy (non-hydrogen) atoms. The van der Waals surface area contributed by atoms with E-state index >= 15 is 0 Å². The number of phosphoric ester groups is 1. The summed E-state index contributed by atoms with van der Waals surface area (Å²) in [6, 6.07) is -0.889. The smallest absolute Gasteiger partial charge is 0.306 e. The van der Waals surface area contributed by atoms with Gasteiger partial charge >= 0.3 is 5.97 Å². The summed E-state index contributed by atoms with van der Waals surface area (Å²) in [5.41, 5.74) is 0. The lowest BCUT2D eigenvalue weighted by Crippen LogP contribution is -2.47. The number of phosphoric acid groups is 1. The second-order valence-electron chi connectivity index (χ2n) is 23.3. The fraction of sp³-hybridized carbons (Fsp3) is 0.848. The first-order valence-electron chi connectivity index (χ1n) is 32.4. The molecule has 0 radical (unpaired) electrons. The minimum atomic E-state index is -4.70. The molecule has 446 valence electrons. The Balaban J connectivity index is 5.14. The maximum atomic E-state index is 13.5. The first-order valence-corrected chi connectivity index (χ1v) is 33.9. The quantitative estimate of drug-likeness (QED) is 0.0212. The van der Waals surface area contributed by atoms with Gasteiger partial charge in [-0.1, -0.05) is 256 Å². The number of hydrogen-bond donors (Lipinski definition) is 1. The number of nitrogens with zero attached hydrogens (tertiary/aromatic N) is 1. The lowest BCUT2D eigenvalue weighted by atomic mass is 10.0. The summed E-state index contributed by atoms with van der Waals surface area (Å²) in [6.45, 7) is 6.83. The maximum absolute atomic E-state index is 13.5. The molecule has 1 N–H and O–H groups in total. The Morgan fingerprint density at radius 3 is 1.24 bits per heavy atom. The molecule has 0 aliphatic carbocycles. The molecule has 9 nitrogen and oxygen atoms in total. The highest BCUT2D eigenvalue weighted by molar-refractivity contribution is 7.45. The van der Waals surface area contributed by atoms with Gasteiger partial charge in [-0.2, -0.15) is 0 Å². The molecule has 0 spiro atoms. The van der Waals surface area contributed by atoms with Crippen LogP contribution < -0.4 is 10.2 Å². The van der Waals surface area contributed by atoms with Crippen molar-refractivity contribution in [1.29, 1.82) is 0 Å². The van der Waals surface area contributed by atoms with E-state index < -0.39 is 20.0 Å². The number of rotatable bonds is 59. The molecule has 0 aromatic heterocycles. The summed E-state index contributed by atoms with van der Waals surface area (Å²) in [7, 11) is 1.19. The van der Waals surface area contributed by atoms with E-state index in [-0.39, 0.29) is 31.5 Å². The van der Waals surface area contributed by atoms with Gasteiger partial charge in [0.2, 0.25) is 5.91 Å². The van der Waals surface area contributed by atoms with Gasteiger partial charge in [-0.05, 0) is 89.5 Å². The molecule has 10 heteroatoms. The number of allylic oxidation sites excluding steroid dienone is 7. The van der Waals surface area contributed by atoms with E-state index in [1.807, 2.05) is 33.3 Å². The fourth-order valence-corrected chi connectivity index (χ4v) is 10.2. The molecule has 3 atom stereocenters. The van der Waals surface area contributed by atoms with Crippen LogP contribution in [0.5, 0.6) is 0 Å². The first-order chi connectivity index (χ1) is 36.9. The number of nitrogens with one attached hydrogen (secondary N) is 1. The Morgan fingerprint density at radius 2 is 0.803 bits per heavy atom. The van der Waals surface area contributed by atoms with Crippen molar-refractivity contribution in [1.82, 2.24) is 5.32 Å². The number of carbonyl (C=O) groups is 2. The number of quaternary nitrogens is 1. The lowest BCUT2D eigenvalue weighted by molar-refractivity contribution is -0.870. The molecule has 0 bridgehead atoms. The molecule has 0 aliphatic heterocycles. The molecular formula is C66H125N2O7P. The van der Waals surface area contributed by atoms with E-state index in [1.165, 1.54) is 199 Å². The van der Waals surface area contributed by atoms with Crippen LogP contribution in [-0.4, -0.2) is 69.4 Å². The number of esters is 1. The van der Waals surface area contributed by atoms with Crippen molar-refractivity contribution < 1.29 is 37.3 Å². The summed E-state index contributed by atoms with van der Waals surface area (Å²) < 4.78 is 30.3. The van der Waals surface area contributed by atoms with Gasteiger partial charge in [0, 0.05) is 12.8 Å². The zero-order chi connectivity index (χ0) is 55.7. The third-order valence-electron chi connectivity index (χ3n) is 14.5. The zero-order valence-electron chi connectivity index (χ0n) is 51.0. The van der Waals surface area contributed by atoms with Crippen LogP contribution in [0.2, 0.25) is 0 Å². The van der Waals surface area contributed by atoms with Crippen molar-refractivity contribution in [2.75, 3.05) is 40.9 Å². The number of unbranched alkanes of at least 4 members (excludes halogenated alkanes) is 37. The molecule has 0 aromatic carbocycles. The van der Waals surface area contributed by atoms with Crippen molar-refractivity contribution in [2.45, 2.75) is 322 Å². The Morgan fingerprint density at radius 1 is 0.461 bits per heavy atom. The van der Waals surface area contributed by atoms with Crippen molar-refractivity contribution in [3.8, 4) is 0 Å². The molecule has 1 amide bonds. The average Bonchev–Trinajstić information content (AvgIpc) is 3.38. The summed E-state index contributed by atoms with van der Waals surface area (Å²) >= 11 is 0. The van der Waals surface area contributed by atoms with Gasteiger partial charge < -0.3 is 28.5 Å². The minimum Gasteiger partial charge on any atom is -0.756 e. The van der Waals surface area contributed by atoms with Crippen LogP contribution in [0.4, 0.5) is 0 Å². The molecule has 0 fully saturated rings. The van der Waals surface area contributed by atoms with Crippen molar-refractivity contribution in [2.24, 2.45) is 0 Å².